The van der Waals surface area contributed by atoms with Crippen molar-refractivity contribution in [2.75, 3.05) is 5.32 Å². The largest absolute Gasteiger partial charge is 0.478 e. The van der Waals surface area contributed by atoms with Gasteiger partial charge in [-0.25, -0.2) is 9.59 Å². The van der Waals surface area contributed by atoms with Gasteiger partial charge >= 0.3 is 12.0 Å². The lowest BCUT2D eigenvalue weighted by Crippen LogP contribution is -2.48. The smallest absolute Gasteiger partial charge is 0.335 e. The lowest BCUT2D eigenvalue weighted by atomic mass is 9.73. The van der Waals surface area contributed by atoms with Crippen LogP contribution in [0.4, 0.5) is 10.5 Å². The van der Waals surface area contributed by atoms with E-state index in [4.69, 9.17) is 5.11 Å². The summed E-state index contributed by atoms with van der Waals surface area (Å²) in [5.41, 5.74) is 0.741. The second kappa shape index (κ2) is 6.16. The first-order chi connectivity index (χ1) is 9.88. The Morgan fingerprint density at radius 1 is 1.29 bits per heavy atom. The average Bonchev–Trinajstić information content (AvgIpc) is 2.41. The van der Waals surface area contributed by atoms with Crippen LogP contribution in [0.5, 0.6) is 0 Å². The third kappa shape index (κ3) is 3.97. The van der Waals surface area contributed by atoms with Crippen molar-refractivity contribution < 1.29 is 14.7 Å². The van der Waals surface area contributed by atoms with Crippen LogP contribution in [0.25, 0.3) is 0 Å². The molecule has 0 spiro atoms. The van der Waals surface area contributed by atoms with E-state index in [0.29, 0.717) is 5.69 Å². The molecule has 5 nitrogen and oxygen atoms in total. The SMILES string of the molecule is CC1(C)CCCCC1NC(=O)Nc1cccc(C(=O)O)c1. The molecule has 0 aromatic heterocycles. The Kier molecular flexibility index (Phi) is 4.50. The summed E-state index contributed by atoms with van der Waals surface area (Å²) in [6.45, 7) is 4.34. The van der Waals surface area contributed by atoms with Crippen LogP contribution in [0, 0.1) is 5.41 Å². The predicted molar refractivity (Wildman–Crippen MR) is 81.6 cm³/mol. The number of nitrogens with one attached hydrogen (secondary N) is 2. The van der Waals surface area contributed by atoms with Crippen molar-refractivity contribution in [1.29, 1.82) is 0 Å². The number of anilines is 1. The first kappa shape index (κ1) is 15.4. The number of rotatable bonds is 3. The van der Waals surface area contributed by atoms with Crippen molar-refractivity contribution in [2.24, 2.45) is 5.41 Å². The fourth-order valence-electron chi connectivity index (χ4n) is 2.82. The lowest BCUT2D eigenvalue weighted by Gasteiger charge is -2.38. The normalized spacial score (nSPS) is 20.6. The maximum absolute atomic E-state index is 12.1. The molecule has 1 aliphatic rings. The molecule has 1 aromatic carbocycles. The van der Waals surface area contributed by atoms with Crippen molar-refractivity contribution in [3.05, 3.63) is 29.8 Å². The maximum Gasteiger partial charge on any atom is 0.335 e. The van der Waals surface area contributed by atoms with E-state index in [1.165, 1.54) is 18.6 Å². The van der Waals surface area contributed by atoms with E-state index in [0.717, 1.165) is 19.3 Å². The number of carbonyl (C=O) groups is 2. The van der Waals surface area contributed by atoms with E-state index in [-0.39, 0.29) is 23.1 Å². The number of urea groups is 1. The molecular weight excluding hydrogens is 268 g/mol. The van der Waals surface area contributed by atoms with Crippen LogP contribution in [-0.2, 0) is 0 Å². The van der Waals surface area contributed by atoms with Gasteiger partial charge in [-0.05, 0) is 36.5 Å². The topological polar surface area (TPSA) is 78.4 Å². The maximum atomic E-state index is 12.1. The summed E-state index contributed by atoms with van der Waals surface area (Å²) in [5.74, 6) is -1.01. The minimum atomic E-state index is -1.01. The van der Waals surface area contributed by atoms with E-state index in [2.05, 4.69) is 24.5 Å². The van der Waals surface area contributed by atoms with E-state index in [1.807, 2.05) is 0 Å². The van der Waals surface area contributed by atoms with Crippen LogP contribution in [0.2, 0.25) is 0 Å². The molecule has 1 fully saturated rings. The molecule has 5 heteroatoms. The molecule has 3 N–H and O–H groups in total. The number of benzene rings is 1. The van der Waals surface area contributed by atoms with E-state index in [9.17, 15) is 9.59 Å². The van der Waals surface area contributed by atoms with Crippen LogP contribution < -0.4 is 10.6 Å². The van der Waals surface area contributed by atoms with Gasteiger partial charge in [0.1, 0.15) is 0 Å². The van der Waals surface area contributed by atoms with E-state index >= 15 is 0 Å². The highest BCUT2D eigenvalue weighted by atomic mass is 16.4. The Hall–Kier alpha value is -2.04. The van der Waals surface area contributed by atoms with Crippen molar-refractivity contribution in [1.82, 2.24) is 5.32 Å². The molecule has 2 rings (SSSR count). The molecule has 114 valence electrons. The van der Waals surface area contributed by atoms with Crippen molar-refractivity contribution in [3.8, 4) is 0 Å². The first-order valence-electron chi connectivity index (χ1n) is 7.29. The molecule has 1 atom stereocenters. The summed E-state index contributed by atoms with van der Waals surface area (Å²) in [4.78, 5) is 23.0. The number of carboxylic acid groups (broad SMARTS) is 1. The van der Waals surface area contributed by atoms with Crippen LogP contribution in [0.3, 0.4) is 0 Å². The fourth-order valence-corrected chi connectivity index (χ4v) is 2.82. The van der Waals surface area contributed by atoms with Crippen molar-refractivity contribution >= 4 is 17.7 Å². The molecule has 21 heavy (non-hydrogen) atoms. The summed E-state index contributed by atoms with van der Waals surface area (Å²) in [6, 6.07) is 6.11. The summed E-state index contributed by atoms with van der Waals surface area (Å²) in [6.07, 6.45) is 4.42. The Bertz CT molecular complexity index is 540. The van der Waals surface area contributed by atoms with Crippen LogP contribution in [-0.4, -0.2) is 23.1 Å². The minimum Gasteiger partial charge on any atom is -0.478 e. The number of hydrogen-bond donors (Lipinski definition) is 3. The number of aromatic carboxylic acids is 1. The Morgan fingerprint density at radius 3 is 2.71 bits per heavy atom. The molecule has 0 radical (unpaired) electrons. The molecule has 1 aromatic rings. The molecule has 0 bridgehead atoms. The van der Waals surface area contributed by atoms with Gasteiger partial charge in [-0.2, -0.15) is 0 Å². The number of hydrogen-bond acceptors (Lipinski definition) is 2. The highest BCUT2D eigenvalue weighted by Crippen LogP contribution is 2.35. The van der Waals surface area contributed by atoms with Crippen LogP contribution >= 0.6 is 0 Å². The highest BCUT2D eigenvalue weighted by molar-refractivity contribution is 5.93. The summed E-state index contributed by atoms with van der Waals surface area (Å²) >= 11 is 0. The van der Waals surface area contributed by atoms with Gasteiger partial charge in [-0.3, -0.25) is 0 Å². The third-order valence-corrected chi connectivity index (χ3v) is 4.18. The molecule has 0 aliphatic heterocycles. The molecule has 1 unspecified atom stereocenters. The van der Waals surface area contributed by atoms with Gasteiger partial charge in [0.2, 0.25) is 0 Å². The van der Waals surface area contributed by atoms with Crippen LogP contribution in [0.1, 0.15) is 49.9 Å². The second-order valence-electron chi connectivity index (χ2n) is 6.27. The molecule has 1 aliphatic carbocycles. The molecule has 0 saturated heterocycles. The zero-order valence-electron chi connectivity index (χ0n) is 12.5. The predicted octanol–water partition coefficient (Wildman–Crippen LogP) is 3.48. The molecule has 2 amide bonds. The standard InChI is InChI=1S/C16H22N2O3/c1-16(2)9-4-3-8-13(16)18-15(21)17-12-7-5-6-11(10-12)14(19)20/h5-7,10,13H,3-4,8-9H2,1-2H3,(H,19,20)(H2,17,18,21). The summed E-state index contributed by atoms with van der Waals surface area (Å²) in [7, 11) is 0. The summed E-state index contributed by atoms with van der Waals surface area (Å²) < 4.78 is 0. The van der Waals surface area contributed by atoms with Crippen molar-refractivity contribution in [2.45, 2.75) is 45.6 Å². The first-order valence-corrected chi connectivity index (χ1v) is 7.29. The van der Waals surface area contributed by atoms with Gasteiger partial charge in [0, 0.05) is 11.7 Å². The monoisotopic (exact) mass is 290 g/mol. The van der Waals surface area contributed by atoms with Gasteiger partial charge in [0.25, 0.3) is 0 Å². The third-order valence-electron chi connectivity index (χ3n) is 4.18. The zero-order chi connectivity index (χ0) is 15.5. The van der Waals surface area contributed by atoms with Gasteiger partial charge in [-0.15, -0.1) is 0 Å². The van der Waals surface area contributed by atoms with Crippen LogP contribution in [0.15, 0.2) is 24.3 Å². The molecular formula is C16H22N2O3. The van der Waals surface area contributed by atoms with Gasteiger partial charge in [0.15, 0.2) is 0 Å². The van der Waals surface area contributed by atoms with Gasteiger partial charge in [-0.1, -0.05) is 32.8 Å². The number of amides is 2. The quantitative estimate of drug-likeness (QED) is 0.797. The lowest BCUT2D eigenvalue weighted by molar-refractivity contribution is 0.0697. The fraction of sp³-hybridized carbons (Fsp3) is 0.500. The number of carboxylic acids is 1. The summed E-state index contributed by atoms with van der Waals surface area (Å²) in [5, 5.41) is 14.7. The average molecular weight is 290 g/mol. The molecule has 0 heterocycles. The molecule has 1 saturated carbocycles. The zero-order valence-corrected chi connectivity index (χ0v) is 12.5. The second-order valence-corrected chi connectivity index (χ2v) is 6.27. The van der Waals surface area contributed by atoms with E-state index < -0.39 is 5.97 Å². The number of carbonyl (C=O) groups excluding carboxylic acids is 1. The Balaban J connectivity index is 1.98. The highest BCUT2D eigenvalue weighted by Gasteiger charge is 2.33. The Labute approximate surface area is 124 Å². The van der Waals surface area contributed by atoms with Gasteiger partial charge < -0.3 is 15.7 Å². The van der Waals surface area contributed by atoms with Crippen molar-refractivity contribution in [3.63, 3.8) is 0 Å². The minimum absolute atomic E-state index is 0.0957. The van der Waals surface area contributed by atoms with E-state index in [1.54, 1.807) is 12.1 Å². The van der Waals surface area contributed by atoms with Gasteiger partial charge in [0.05, 0.1) is 5.56 Å². The Morgan fingerprint density at radius 2 is 2.05 bits per heavy atom.